The number of rotatable bonds is 1. The van der Waals surface area contributed by atoms with Gasteiger partial charge in [0.15, 0.2) is 0 Å². The minimum absolute atomic E-state index is 0.398. The van der Waals surface area contributed by atoms with Gasteiger partial charge in [-0.3, -0.25) is 0 Å². The zero-order valence-corrected chi connectivity index (χ0v) is 9.97. The maximum atomic E-state index is 8.96. The van der Waals surface area contributed by atoms with Crippen molar-refractivity contribution in [3.05, 3.63) is 59.9 Å². The first-order valence-corrected chi connectivity index (χ1v) is 5.78. The number of fused-ring (bicyclic) bond motifs is 1. The summed E-state index contributed by atoms with van der Waals surface area (Å²) in [5.41, 5.74) is 3.98. The molecule has 0 atom stereocenters. The fourth-order valence-corrected chi connectivity index (χ4v) is 2.14. The predicted octanol–water partition coefficient (Wildman–Crippen LogP) is 4.28. The van der Waals surface area contributed by atoms with Gasteiger partial charge >= 0.3 is 0 Å². The zero-order chi connectivity index (χ0) is 12.5. The van der Waals surface area contributed by atoms with Crippen LogP contribution in [0.1, 0.15) is 11.3 Å². The average Bonchev–Trinajstić information content (AvgIpc) is 2.76. The third-order valence-corrected chi connectivity index (χ3v) is 3.14. The molecule has 0 spiro atoms. The van der Waals surface area contributed by atoms with E-state index >= 15 is 0 Å². The second-order valence-electron chi connectivity index (χ2n) is 4.24. The van der Waals surface area contributed by atoms with E-state index in [0.29, 0.717) is 5.76 Å². The molecule has 0 bridgehead atoms. The highest BCUT2D eigenvalue weighted by molar-refractivity contribution is 5.87. The van der Waals surface area contributed by atoms with Crippen LogP contribution in [0.4, 0.5) is 0 Å². The fourth-order valence-electron chi connectivity index (χ4n) is 2.14. The van der Waals surface area contributed by atoms with Crippen LogP contribution in [0.3, 0.4) is 0 Å². The van der Waals surface area contributed by atoms with E-state index in [9.17, 15) is 0 Å². The van der Waals surface area contributed by atoms with Crippen molar-refractivity contribution in [1.29, 1.82) is 5.26 Å². The van der Waals surface area contributed by atoms with Gasteiger partial charge < -0.3 is 4.42 Å². The van der Waals surface area contributed by atoms with Crippen molar-refractivity contribution < 1.29 is 4.42 Å². The normalized spacial score (nSPS) is 10.4. The molecule has 2 heteroatoms. The van der Waals surface area contributed by atoms with Crippen LogP contribution in [0.2, 0.25) is 0 Å². The molecule has 0 saturated heterocycles. The maximum Gasteiger partial charge on any atom is 0.207 e. The lowest BCUT2D eigenvalue weighted by Gasteiger charge is -2.01. The minimum Gasteiger partial charge on any atom is -0.445 e. The minimum atomic E-state index is 0.398. The number of nitriles is 1. The topological polar surface area (TPSA) is 36.9 Å². The Morgan fingerprint density at radius 3 is 2.50 bits per heavy atom. The molecule has 0 unspecified atom stereocenters. The summed E-state index contributed by atoms with van der Waals surface area (Å²) in [4.78, 5) is 0. The van der Waals surface area contributed by atoms with Gasteiger partial charge in [0.05, 0.1) is 0 Å². The third-order valence-electron chi connectivity index (χ3n) is 3.14. The molecular weight excluding hydrogens is 222 g/mol. The van der Waals surface area contributed by atoms with E-state index in [2.05, 4.69) is 24.3 Å². The van der Waals surface area contributed by atoms with Crippen molar-refractivity contribution in [3.63, 3.8) is 0 Å². The first kappa shape index (κ1) is 10.6. The van der Waals surface area contributed by atoms with Crippen LogP contribution in [0.15, 0.2) is 52.9 Å². The van der Waals surface area contributed by atoms with Crippen molar-refractivity contribution in [2.24, 2.45) is 0 Å². The Hall–Kier alpha value is -2.53. The predicted molar refractivity (Wildman–Crippen MR) is 71.1 cm³/mol. The zero-order valence-electron chi connectivity index (χ0n) is 9.97. The lowest BCUT2D eigenvalue weighted by molar-refractivity contribution is 0.596. The Bertz CT molecular complexity index is 748. The molecule has 2 aromatic carbocycles. The van der Waals surface area contributed by atoms with Crippen LogP contribution in [-0.4, -0.2) is 0 Å². The number of aryl methyl sites for hydroxylation is 1. The summed E-state index contributed by atoms with van der Waals surface area (Å²) < 4.78 is 5.48. The monoisotopic (exact) mass is 233 g/mol. The summed E-state index contributed by atoms with van der Waals surface area (Å²) in [5.74, 6) is 0.398. The SMILES string of the molecule is Cc1c(C#N)oc2ccc(-c3ccccc3)cc12. The van der Waals surface area contributed by atoms with E-state index in [4.69, 9.17) is 9.68 Å². The van der Waals surface area contributed by atoms with Gasteiger partial charge in [0.1, 0.15) is 11.7 Å². The highest BCUT2D eigenvalue weighted by Crippen LogP contribution is 2.29. The lowest BCUT2D eigenvalue weighted by atomic mass is 10.0. The molecule has 0 radical (unpaired) electrons. The van der Waals surface area contributed by atoms with E-state index < -0.39 is 0 Å². The van der Waals surface area contributed by atoms with Crippen LogP contribution < -0.4 is 0 Å². The summed E-state index contributed by atoms with van der Waals surface area (Å²) in [7, 11) is 0. The molecule has 0 N–H and O–H groups in total. The highest BCUT2D eigenvalue weighted by Gasteiger charge is 2.10. The van der Waals surface area contributed by atoms with Crippen molar-refractivity contribution >= 4 is 11.0 Å². The molecule has 0 aliphatic heterocycles. The smallest absolute Gasteiger partial charge is 0.207 e. The van der Waals surface area contributed by atoms with Gasteiger partial charge in [0.25, 0.3) is 0 Å². The van der Waals surface area contributed by atoms with Gasteiger partial charge in [-0.05, 0) is 30.2 Å². The van der Waals surface area contributed by atoms with E-state index in [-0.39, 0.29) is 0 Å². The summed E-state index contributed by atoms with van der Waals surface area (Å²) >= 11 is 0. The van der Waals surface area contributed by atoms with Crippen LogP contribution in [-0.2, 0) is 0 Å². The quantitative estimate of drug-likeness (QED) is 0.629. The molecule has 0 aliphatic rings. The Labute approximate surface area is 105 Å². The van der Waals surface area contributed by atoms with Crippen LogP contribution in [0, 0.1) is 18.3 Å². The number of benzene rings is 2. The molecule has 1 aromatic heterocycles. The number of furan rings is 1. The summed E-state index contributed by atoms with van der Waals surface area (Å²) in [6, 6.07) is 18.3. The van der Waals surface area contributed by atoms with Crippen LogP contribution in [0.25, 0.3) is 22.1 Å². The molecule has 2 nitrogen and oxygen atoms in total. The number of nitrogens with zero attached hydrogens (tertiary/aromatic N) is 1. The van der Waals surface area contributed by atoms with Crippen molar-refractivity contribution in [3.8, 4) is 17.2 Å². The Balaban J connectivity index is 2.23. The van der Waals surface area contributed by atoms with Gasteiger partial charge in [-0.25, -0.2) is 0 Å². The van der Waals surface area contributed by atoms with Gasteiger partial charge in [0, 0.05) is 10.9 Å². The fraction of sp³-hybridized carbons (Fsp3) is 0.0625. The van der Waals surface area contributed by atoms with Crippen molar-refractivity contribution in [2.45, 2.75) is 6.92 Å². The lowest BCUT2D eigenvalue weighted by Crippen LogP contribution is -1.77. The van der Waals surface area contributed by atoms with Crippen molar-refractivity contribution in [1.82, 2.24) is 0 Å². The summed E-state index contributed by atoms with van der Waals surface area (Å²) in [6.07, 6.45) is 0. The van der Waals surface area contributed by atoms with Gasteiger partial charge in [-0.15, -0.1) is 0 Å². The molecule has 86 valence electrons. The first-order valence-electron chi connectivity index (χ1n) is 5.78. The molecule has 3 aromatic rings. The molecule has 1 heterocycles. The first-order chi connectivity index (χ1) is 8.79. The molecule has 0 saturated carbocycles. The number of hydrogen-bond acceptors (Lipinski definition) is 2. The maximum absolute atomic E-state index is 8.96. The third kappa shape index (κ3) is 1.57. The Kier molecular flexibility index (Phi) is 2.39. The second kappa shape index (κ2) is 4.05. The summed E-state index contributed by atoms with van der Waals surface area (Å²) in [5, 5.41) is 9.97. The van der Waals surface area contributed by atoms with Gasteiger partial charge in [-0.1, -0.05) is 36.4 Å². The second-order valence-corrected chi connectivity index (χ2v) is 4.24. The number of hydrogen-bond donors (Lipinski definition) is 0. The molecule has 3 rings (SSSR count). The summed E-state index contributed by atoms with van der Waals surface area (Å²) in [6.45, 7) is 1.92. The van der Waals surface area contributed by atoms with E-state index in [1.807, 2.05) is 37.3 Å². The van der Waals surface area contributed by atoms with Crippen molar-refractivity contribution in [2.75, 3.05) is 0 Å². The Morgan fingerprint density at radius 1 is 1.00 bits per heavy atom. The molecule has 0 aliphatic carbocycles. The van der Waals surface area contributed by atoms with E-state index in [1.165, 1.54) is 5.56 Å². The van der Waals surface area contributed by atoms with E-state index in [0.717, 1.165) is 22.1 Å². The molecule has 0 amide bonds. The molecule has 0 fully saturated rings. The van der Waals surface area contributed by atoms with E-state index in [1.54, 1.807) is 0 Å². The van der Waals surface area contributed by atoms with Crippen LogP contribution >= 0.6 is 0 Å². The molecular formula is C16H11NO. The highest BCUT2D eigenvalue weighted by atomic mass is 16.3. The largest absolute Gasteiger partial charge is 0.445 e. The molecule has 18 heavy (non-hydrogen) atoms. The Morgan fingerprint density at radius 2 is 1.78 bits per heavy atom. The van der Waals surface area contributed by atoms with Crippen LogP contribution in [0.5, 0.6) is 0 Å². The average molecular weight is 233 g/mol. The van der Waals surface area contributed by atoms with Gasteiger partial charge in [-0.2, -0.15) is 5.26 Å². The standard InChI is InChI=1S/C16H11NO/c1-11-14-9-13(12-5-3-2-4-6-12)7-8-15(14)18-16(11)10-17/h2-9H,1H3. The van der Waals surface area contributed by atoms with Gasteiger partial charge in [0.2, 0.25) is 5.76 Å².